The number of Topliss-reactive ketones (excluding diaryl/α,β-unsaturated/α-hetero) is 1. The number of pyridine rings is 1. The van der Waals surface area contributed by atoms with Gasteiger partial charge in [0.1, 0.15) is 5.82 Å². The first-order chi connectivity index (χ1) is 8.59. The van der Waals surface area contributed by atoms with Gasteiger partial charge in [-0.05, 0) is 17.7 Å². The molecule has 2 aromatic rings. The summed E-state index contributed by atoms with van der Waals surface area (Å²) in [7, 11) is 0. The van der Waals surface area contributed by atoms with Crippen LogP contribution in [0.2, 0.25) is 10.0 Å². The largest absolute Gasteiger partial charge is 0.294 e. The third kappa shape index (κ3) is 2.68. The molecule has 0 unspecified atom stereocenters. The molecule has 0 N–H and O–H groups in total. The van der Waals surface area contributed by atoms with Crippen LogP contribution in [-0.2, 0) is 6.42 Å². The van der Waals surface area contributed by atoms with E-state index in [1.807, 2.05) is 0 Å². The van der Waals surface area contributed by atoms with Crippen molar-refractivity contribution in [2.75, 3.05) is 0 Å². The fourth-order valence-corrected chi connectivity index (χ4v) is 1.97. The van der Waals surface area contributed by atoms with Crippen LogP contribution in [0.3, 0.4) is 0 Å². The summed E-state index contributed by atoms with van der Waals surface area (Å²) in [5, 5.41) is 0.242. The molecule has 1 heterocycles. The van der Waals surface area contributed by atoms with Crippen molar-refractivity contribution in [3.05, 3.63) is 63.6 Å². The Bertz CT molecular complexity index is 601. The third-order valence-corrected chi connectivity index (χ3v) is 3.18. The van der Waals surface area contributed by atoms with Gasteiger partial charge in [0, 0.05) is 24.4 Å². The molecule has 0 aliphatic heterocycles. The van der Waals surface area contributed by atoms with Gasteiger partial charge in [0.25, 0.3) is 0 Å². The number of hydrogen-bond donors (Lipinski definition) is 0. The number of rotatable bonds is 3. The monoisotopic (exact) mass is 283 g/mol. The van der Waals surface area contributed by atoms with Crippen molar-refractivity contribution in [3.63, 3.8) is 0 Å². The molecule has 0 atom stereocenters. The van der Waals surface area contributed by atoms with Gasteiger partial charge in [-0.1, -0.05) is 35.3 Å². The standard InChI is InChI=1S/C13H8Cl2FNO/c14-10-7-17-5-4-9(10)12(18)6-8-2-1-3-11(16)13(8)15/h1-5,7H,6H2. The second-order valence-corrected chi connectivity index (χ2v) is 4.45. The lowest BCUT2D eigenvalue weighted by Crippen LogP contribution is -2.05. The first kappa shape index (κ1) is 13.0. The molecule has 0 radical (unpaired) electrons. The Kier molecular flexibility index (Phi) is 3.94. The van der Waals surface area contributed by atoms with Crippen LogP contribution in [0, 0.1) is 5.82 Å². The lowest BCUT2D eigenvalue weighted by Gasteiger charge is -2.05. The number of hydrogen-bond acceptors (Lipinski definition) is 2. The first-order valence-corrected chi connectivity index (χ1v) is 5.91. The van der Waals surface area contributed by atoms with Gasteiger partial charge in [0.2, 0.25) is 0 Å². The molecule has 0 saturated carbocycles. The van der Waals surface area contributed by atoms with E-state index in [4.69, 9.17) is 23.2 Å². The molecular weight excluding hydrogens is 276 g/mol. The first-order valence-electron chi connectivity index (χ1n) is 5.15. The van der Waals surface area contributed by atoms with Crippen LogP contribution in [0.25, 0.3) is 0 Å². The smallest absolute Gasteiger partial charge is 0.168 e. The normalized spacial score (nSPS) is 10.4. The van der Waals surface area contributed by atoms with Crippen molar-refractivity contribution in [3.8, 4) is 0 Å². The van der Waals surface area contributed by atoms with Crippen LogP contribution in [0.5, 0.6) is 0 Å². The van der Waals surface area contributed by atoms with E-state index in [0.717, 1.165) is 0 Å². The maximum atomic E-state index is 13.2. The molecule has 92 valence electrons. The second kappa shape index (κ2) is 5.46. The Balaban J connectivity index is 2.27. The predicted octanol–water partition coefficient (Wildman–Crippen LogP) is 3.95. The van der Waals surface area contributed by atoms with Crippen LogP contribution >= 0.6 is 23.2 Å². The lowest BCUT2D eigenvalue weighted by molar-refractivity contribution is 0.0993. The average Bonchev–Trinajstić information content (AvgIpc) is 2.35. The molecule has 0 saturated heterocycles. The molecule has 0 bridgehead atoms. The quantitative estimate of drug-likeness (QED) is 0.799. The highest BCUT2D eigenvalue weighted by molar-refractivity contribution is 6.34. The van der Waals surface area contributed by atoms with E-state index in [1.54, 1.807) is 6.07 Å². The highest BCUT2D eigenvalue weighted by Gasteiger charge is 2.14. The van der Waals surface area contributed by atoms with Crippen molar-refractivity contribution >= 4 is 29.0 Å². The number of carbonyl (C=O) groups excluding carboxylic acids is 1. The summed E-state index contributed by atoms with van der Waals surface area (Å²) < 4.78 is 13.2. The fraction of sp³-hybridized carbons (Fsp3) is 0.0769. The summed E-state index contributed by atoms with van der Waals surface area (Å²) in [6, 6.07) is 5.89. The number of benzene rings is 1. The molecule has 5 heteroatoms. The Labute approximate surface area is 113 Å². The molecule has 0 aliphatic rings. The zero-order chi connectivity index (χ0) is 13.1. The summed E-state index contributed by atoms with van der Waals surface area (Å²) in [6.45, 7) is 0. The molecule has 2 rings (SSSR count). The molecule has 1 aromatic carbocycles. The van der Waals surface area contributed by atoms with Crippen molar-refractivity contribution in [2.24, 2.45) is 0 Å². The van der Waals surface area contributed by atoms with Gasteiger partial charge in [0.05, 0.1) is 10.0 Å². The fourth-order valence-electron chi connectivity index (χ4n) is 1.55. The molecule has 0 fully saturated rings. The molecule has 1 aromatic heterocycles. The van der Waals surface area contributed by atoms with Crippen LogP contribution in [0.1, 0.15) is 15.9 Å². The van der Waals surface area contributed by atoms with E-state index >= 15 is 0 Å². The van der Waals surface area contributed by atoms with Crippen molar-refractivity contribution in [1.82, 2.24) is 4.98 Å². The van der Waals surface area contributed by atoms with E-state index in [0.29, 0.717) is 11.1 Å². The Morgan fingerprint density at radius 1 is 1.28 bits per heavy atom. The van der Waals surface area contributed by atoms with Crippen LogP contribution in [0.4, 0.5) is 4.39 Å². The summed E-state index contributed by atoms with van der Waals surface area (Å²) in [4.78, 5) is 15.8. The minimum Gasteiger partial charge on any atom is -0.294 e. The number of carbonyl (C=O) groups is 1. The molecule has 0 spiro atoms. The van der Waals surface area contributed by atoms with Crippen molar-refractivity contribution in [2.45, 2.75) is 6.42 Å². The third-order valence-electron chi connectivity index (χ3n) is 2.46. The van der Waals surface area contributed by atoms with Crippen molar-refractivity contribution < 1.29 is 9.18 Å². The van der Waals surface area contributed by atoms with Crippen LogP contribution in [0.15, 0.2) is 36.7 Å². The Morgan fingerprint density at radius 3 is 2.78 bits per heavy atom. The van der Waals surface area contributed by atoms with Gasteiger partial charge < -0.3 is 0 Å². The predicted molar refractivity (Wildman–Crippen MR) is 68.7 cm³/mol. The van der Waals surface area contributed by atoms with Crippen molar-refractivity contribution in [1.29, 1.82) is 0 Å². The summed E-state index contributed by atoms with van der Waals surface area (Å²) in [5.74, 6) is -0.766. The summed E-state index contributed by atoms with van der Waals surface area (Å²) >= 11 is 11.7. The highest BCUT2D eigenvalue weighted by Crippen LogP contribution is 2.22. The molecule has 0 amide bonds. The number of nitrogens with zero attached hydrogens (tertiary/aromatic N) is 1. The zero-order valence-electron chi connectivity index (χ0n) is 9.16. The minimum absolute atomic E-state index is 0.000324. The average molecular weight is 284 g/mol. The highest BCUT2D eigenvalue weighted by atomic mass is 35.5. The molecule has 18 heavy (non-hydrogen) atoms. The maximum absolute atomic E-state index is 13.2. The zero-order valence-corrected chi connectivity index (χ0v) is 10.7. The Morgan fingerprint density at radius 2 is 2.06 bits per heavy atom. The molecule has 0 aliphatic carbocycles. The van der Waals surface area contributed by atoms with E-state index in [1.165, 1.54) is 30.6 Å². The Hall–Kier alpha value is -1.45. The van der Waals surface area contributed by atoms with E-state index in [9.17, 15) is 9.18 Å². The van der Waals surface area contributed by atoms with Gasteiger partial charge in [0.15, 0.2) is 5.78 Å². The van der Waals surface area contributed by atoms with Gasteiger partial charge in [-0.15, -0.1) is 0 Å². The molecule has 2 nitrogen and oxygen atoms in total. The lowest BCUT2D eigenvalue weighted by atomic mass is 10.0. The van der Waals surface area contributed by atoms with Crippen LogP contribution in [-0.4, -0.2) is 10.8 Å². The van der Waals surface area contributed by atoms with E-state index < -0.39 is 5.82 Å². The molecular formula is C13H8Cl2FNO. The van der Waals surface area contributed by atoms with E-state index in [2.05, 4.69) is 4.98 Å². The second-order valence-electron chi connectivity index (χ2n) is 3.67. The van der Waals surface area contributed by atoms with Gasteiger partial charge in [-0.2, -0.15) is 0 Å². The number of ketones is 1. The minimum atomic E-state index is -0.539. The van der Waals surface area contributed by atoms with Gasteiger partial charge >= 0.3 is 0 Å². The maximum Gasteiger partial charge on any atom is 0.168 e. The topological polar surface area (TPSA) is 30.0 Å². The van der Waals surface area contributed by atoms with E-state index in [-0.39, 0.29) is 22.2 Å². The number of aromatic nitrogens is 1. The van der Waals surface area contributed by atoms with Gasteiger partial charge in [-0.3, -0.25) is 9.78 Å². The van der Waals surface area contributed by atoms with Crippen LogP contribution < -0.4 is 0 Å². The SMILES string of the molecule is O=C(Cc1cccc(F)c1Cl)c1ccncc1Cl. The van der Waals surface area contributed by atoms with Gasteiger partial charge in [-0.25, -0.2) is 4.39 Å². The summed E-state index contributed by atoms with van der Waals surface area (Å²) in [6.07, 6.45) is 2.87. The number of halogens is 3. The summed E-state index contributed by atoms with van der Waals surface area (Å²) in [5.41, 5.74) is 0.793.